The Morgan fingerprint density at radius 3 is 2.58 bits per heavy atom. The molecule has 33 heavy (non-hydrogen) atoms. The van der Waals surface area contributed by atoms with Gasteiger partial charge in [-0.15, -0.1) is 11.5 Å². The Morgan fingerprint density at radius 2 is 1.73 bits per heavy atom. The molecule has 1 aliphatic rings. The van der Waals surface area contributed by atoms with Gasteiger partial charge >= 0.3 is 0 Å². The van der Waals surface area contributed by atoms with Gasteiger partial charge in [0, 0.05) is 24.2 Å². The highest BCUT2D eigenvalue weighted by atomic mass is 15.4. The lowest BCUT2D eigenvalue weighted by molar-refractivity contribution is 0.571. The Bertz CT molecular complexity index is 1310. The largest absolute Gasteiger partial charge is 0.368 e. The number of terminal acetylenes is 1. The van der Waals surface area contributed by atoms with Gasteiger partial charge in [0.25, 0.3) is 0 Å². The number of benzene rings is 1. The number of hydrogen-bond acceptors (Lipinski definition) is 7. The summed E-state index contributed by atoms with van der Waals surface area (Å²) in [6.45, 7) is 2.64. The molecule has 0 atom stereocenters. The van der Waals surface area contributed by atoms with E-state index in [2.05, 4.69) is 37.2 Å². The monoisotopic (exact) mass is 436 g/mol. The van der Waals surface area contributed by atoms with Crippen LogP contribution in [0.3, 0.4) is 0 Å². The third kappa shape index (κ3) is 4.67. The molecule has 0 amide bonds. The van der Waals surface area contributed by atoms with Crippen LogP contribution in [-0.2, 0) is 6.54 Å². The lowest BCUT2D eigenvalue weighted by Crippen LogP contribution is -2.30. The molecule has 0 bridgehead atoms. The first-order chi connectivity index (χ1) is 16.2. The van der Waals surface area contributed by atoms with Gasteiger partial charge in [0.2, 0.25) is 5.95 Å². The smallest absolute Gasteiger partial charge is 0.221 e. The molecule has 4 heterocycles. The predicted octanol–water partition coefficient (Wildman–Crippen LogP) is 3.40. The molecule has 1 aliphatic heterocycles. The Balaban J connectivity index is 1.38. The first-order valence-electron chi connectivity index (χ1n) is 11.0. The highest BCUT2D eigenvalue weighted by Crippen LogP contribution is 2.24. The predicted molar refractivity (Wildman–Crippen MR) is 128 cm³/mol. The first kappa shape index (κ1) is 20.6. The van der Waals surface area contributed by atoms with E-state index in [1.807, 2.05) is 48.7 Å². The number of anilines is 2. The molecule has 5 rings (SSSR count). The van der Waals surface area contributed by atoms with Crippen molar-refractivity contribution in [1.82, 2.24) is 29.9 Å². The van der Waals surface area contributed by atoms with Crippen LogP contribution in [0.1, 0.15) is 30.5 Å². The molecular weight excluding hydrogens is 412 g/mol. The zero-order valence-corrected chi connectivity index (χ0v) is 18.2. The van der Waals surface area contributed by atoms with E-state index in [9.17, 15) is 0 Å². The molecule has 0 unspecified atom stereocenters. The maximum atomic E-state index is 5.99. The SMILES string of the molecule is C#Cc1cccc(-c2cc(-c3cn(Cc4cccc(N5CCCCC5)n4)nn3)nc(N)n2)c1. The first-order valence-corrected chi connectivity index (χ1v) is 11.0. The average Bonchev–Trinajstić information content (AvgIpc) is 3.33. The van der Waals surface area contributed by atoms with Gasteiger partial charge in [-0.05, 0) is 49.6 Å². The van der Waals surface area contributed by atoms with Gasteiger partial charge in [-0.1, -0.05) is 29.3 Å². The highest BCUT2D eigenvalue weighted by molar-refractivity contribution is 5.68. The van der Waals surface area contributed by atoms with E-state index in [1.165, 1.54) is 19.3 Å². The molecule has 1 saturated heterocycles. The fourth-order valence-electron chi connectivity index (χ4n) is 4.03. The molecule has 0 aliphatic carbocycles. The van der Waals surface area contributed by atoms with Crippen molar-refractivity contribution in [2.75, 3.05) is 23.7 Å². The van der Waals surface area contributed by atoms with Crippen LogP contribution in [-0.4, -0.2) is 43.0 Å². The van der Waals surface area contributed by atoms with Crippen LogP contribution in [0, 0.1) is 12.3 Å². The van der Waals surface area contributed by atoms with Gasteiger partial charge < -0.3 is 10.6 Å². The number of hydrogen-bond donors (Lipinski definition) is 1. The number of nitrogens with two attached hydrogens (primary N) is 1. The molecule has 3 aromatic heterocycles. The Labute approximate surface area is 192 Å². The number of piperidine rings is 1. The molecule has 0 saturated carbocycles. The minimum atomic E-state index is 0.166. The molecular formula is C25H24N8. The van der Waals surface area contributed by atoms with Gasteiger partial charge in [-0.25, -0.2) is 19.6 Å². The Hall–Kier alpha value is -4.25. The molecule has 164 valence electrons. The topological polar surface area (TPSA) is 98.6 Å². The summed E-state index contributed by atoms with van der Waals surface area (Å²) in [6, 6.07) is 15.6. The van der Waals surface area contributed by atoms with Crippen LogP contribution in [0.4, 0.5) is 11.8 Å². The second kappa shape index (κ2) is 9.09. The minimum Gasteiger partial charge on any atom is -0.368 e. The van der Waals surface area contributed by atoms with Crippen molar-refractivity contribution in [1.29, 1.82) is 0 Å². The molecule has 8 nitrogen and oxygen atoms in total. The van der Waals surface area contributed by atoms with Crippen LogP contribution in [0.15, 0.2) is 54.7 Å². The Kier molecular flexibility index (Phi) is 5.68. The van der Waals surface area contributed by atoms with E-state index < -0.39 is 0 Å². The number of nitrogens with zero attached hydrogens (tertiary/aromatic N) is 7. The van der Waals surface area contributed by atoms with Crippen molar-refractivity contribution in [3.8, 4) is 35.0 Å². The number of aromatic nitrogens is 6. The molecule has 1 aromatic carbocycles. The molecule has 0 radical (unpaired) electrons. The second-order valence-electron chi connectivity index (χ2n) is 8.06. The van der Waals surface area contributed by atoms with Crippen LogP contribution < -0.4 is 10.6 Å². The fraction of sp³-hybridized carbons (Fsp3) is 0.240. The molecule has 2 N–H and O–H groups in total. The zero-order chi connectivity index (χ0) is 22.6. The van der Waals surface area contributed by atoms with Gasteiger partial charge in [0.1, 0.15) is 11.5 Å². The maximum absolute atomic E-state index is 5.99. The van der Waals surface area contributed by atoms with Crippen LogP contribution in [0.5, 0.6) is 0 Å². The summed E-state index contributed by atoms with van der Waals surface area (Å²) in [5, 5.41) is 8.58. The van der Waals surface area contributed by atoms with Crippen LogP contribution in [0.2, 0.25) is 0 Å². The maximum Gasteiger partial charge on any atom is 0.221 e. The van der Waals surface area contributed by atoms with E-state index in [-0.39, 0.29) is 5.95 Å². The zero-order valence-electron chi connectivity index (χ0n) is 18.2. The van der Waals surface area contributed by atoms with Crippen molar-refractivity contribution in [2.24, 2.45) is 0 Å². The molecule has 1 fully saturated rings. The lowest BCUT2D eigenvalue weighted by atomic mass is 10.1. The normalized spacial score (nSPS) is 13.6. The molecule has 8 heteroatoms. The van der Waals surface area contributed by atoms with Gasteiger partial charge in [0.15, 0.2) is 0 Å². The summed E-state index contributed by atoms with van der Waals surface area (Å²) in [4.78, 5) is 15.9. The van der Waals surface area contributed by atoms with Crippen molar-refractivity contribution >= 4 is 11.8 Å². The van der Waals surface area contributed by atoms with Crippen molar-refractivity contribution < 1.29 is 0 Å². The summed E-state index contributed by atoms with van der Waals surface area (Å²) in [7, 11) is 0. The fourth-order valence-corrected chi connectivity index (χ4v) is 4.03. The molecule has 0 spiro atoms. The lowest BCUT2D eigenvalue weighted by Gasteiger charge is -2.27. The summed E-state index contributed by atoms with van der Waals surface area (Å²) < 4.78 is 1.76. The van der Waals surface area contributed by atoms with Gasteiger partial charge in [-0.3, -0.25) is 0 Å². The van der Waals surface area contributed by atoms with Crippen LogP contribution in [0.25, 0.3) is 22.6 Å². The summed E-state index contributed by atoms with van der Waals surface area (Å²) in [6.07, 6.45) is 11.1. The molecule has 4 aromatic rings. The average molecular weight is 437 g/mol. The third-order valence-electron chi connectivity index (χ3n) is 5.67. The van der Waals surface area contributed by atoms with Gasteiger partial charge in [-0.2, -0.15) is 0 Å². The number of nitrogen functional groups attached to an aromatic ring is 1. The van der Waals surface area contributed by atoms with Crippen molar-refractivity contribution in [3.05, 3.63) is 66.0 Å². The van der Waals surface area contributed by atoms with E-state index in [4.69, 9.17) is 17.1 Å². The van der Waals surface area contributed by atoms with Crippen molar-refractivity contribution in [2.45, 2.75) is 25.8 Å². The van der Waals surface area contributed by atoms with E-state index in [0.29, 0.717) is 23.6 Å². The van der Waals surface area contributed by atoms with Gasteiger partial charge in [0.05, 0.1) is 29.8 Å². The Morgan fingerprint density at radius 1 is 0.909 bits per heavy atom. The number of rotatable bonds is 5. The second-order valence-corrected chi connectivity index (χ2v) is 8.06. The quantitative estimate of drug-likeness (QED) is 0.479. The van der Waals surface area contributed by atoms with E-state index >= 15 is 0 Å². The van der Waals surface area contributed by atoms with E-state index in [1.54, 1.807) is 4.68 Å². The third-order valence-corrected chi connectivity index (χ3v) is 5.67. The van der Waals surface area contributed by atoms with E-state index in [0.717, 1.165) is 35.7 Å². The summed E-state index contributed by atoms with van der Waals surface area (Å²) in [5.41, 5.74) is 10.5. The highest BCUT2D eigenvalue weighted by Gasteiger charge is 2.14. The summed E-state index contributed by atoms with van der Waals surface area (Å²) >= 11 is 0. The number of pyridine rings is 1. The summed E-state index contributed by atoms with van der Waals surface area (Å²) in [5.74, 6) is 3.83. The van der Waals surface area contributed by atoms with Crippen LogP contribution >= 0.6 is 0 Å². The van der Waals surface area contributed by atoms with Crippen molar-refractivity contribution in [3.63, 3.8) is 0 Å². The standard InChI is InChI=1S/C25H24N8/c1-2-18-8-6-9-19(14-18)21-15-22(29-25(26)28-21)23-17-33(31-30-23)16-20-10-7-11-24(27-20)32-12-4-3-5-13-32/h1,6-11,14-15,17H,3-5,12-13,16H2,(H2,26,28,29). The minimum absolute atomic E-state index is 0.166.